The largest absolute Gasteiger partial charge is 0.465 e. The van der Waals surface area contributed by atoms with Crippen LogP contribution in [0, 0.1) is 11.3 Å². The van der Waals surface area contributed by atoms with Crippen molar-refractivity contribution < 1.29 is 19.8 Å². The van der Waals surface area contributed by atoms with Gasteiger partial charge in [-0.15, -0.1) is 0 Å². The van der Waals surface area contributed by atoms with E-state index in [9.17, 15) is 14.7 Å². The van der Waals surface area contributed by atoms with E-state index in [1.165, 1.54) is 12.4 Å². The van der Waals surface area contributed by atoms with E-state index in [1.54, 1.807) is 10.6 Å². The molecule has 3 aromatic rings. The van der Waals surface area contributed by atoms with Gasteiger partial charge in [0.15, 0.2) is 0 Å². The molecule has 5 N–H and O–H groups in total. The molecule has 3 saturated carbocycles. The van der Waals surface area contributed by atoms with Crippen molar-refractivity contribution in [3.05, 3.63) is 47.8 Å². The average molecular weight is 490 g/mol. The van der Waals surface area contributed by atoms with Gasteiger partial charge in [-0.05, 0) is 62.8 Å². The number of nitrogens with zero attached hydrogens (tertiary/aromatic N) is 4. The molecule has 0 atom stereocenters. The number of hydrogen-bond acceptors (Lipinski definition) is 7. The average Bonchev–Trinajstić information content (AvgIpc) is 3.30. The third-order valence-electron chi connectivity index (χ3n) is 7.33. The minimum atomic E-state index is -1.15. The first kappa shape index (κ1) is 23.6. The summed E-state index contributed by atoms with van der Waals surface area (Å²) in [6, 6.07) is 9.38. The molecule has 0 spiro atoms. The smallest absolute Gasteiger partial charge is 0.404 e. The van der Waals surface area contributed by atoms with Gasteiger partial charge in [0.1, 0.15) is 6.07 Å². The number of fused-ring (bicyclic) bond motifs is 4. The van der Waals surface area contributed by atoms with Crippen LogP contribution < -0.4 is 16.0 Å². The summed E-state index contributed by atoms with van der Waals surface area (Å²) in [5.41, 5.74) is 2.72. The maximum absolute atomic E-state index is 13.0. The number of amides is 2. The molecule has 2 bridgehead atoms. The van der Waals surface area contributed by atoms with E-state index in [2.05, 4.69) is 32.1 Å². The van der Waals surface area contributed by atoms with Crippen molar-refractivity contribution in [1.29, 1.82) is 5.26 Å². The van der Waals surface area contributed by atoms with Crippen LogP contribution in [0.2, 0.25) is 0 Å². The first-order valence-corrected chi connectivity index (χ1v) is 11.9. The van der Waals surface area contributed by atoms with Crippen LogP contribution >= 0.6 is 0 Å². The number of aromatic nitrogens is 3. The molecule has 11 heteroatoms. The van der Waals surface area contributed by atoms with Gasteiger partial charge in [0, 0.05) is 24.8 Å². The van der Waals surface area contributed by atoms with E-state index < -0.39 is 11.7 Å². The Hall–Kier alpha value is -4.17. The number of rotatable bonds is 7. The molecule has 6 rings (SSSR count). The zero-order valence-electron chi connectivity index (χ0n) is 19.6. The molecular formula is C25H27N7O4. The molecule has 0 saturated heterocycles. The fourth-order valence-electron chi connectivity index (χ4n) is 5.21. The van der Waals surface area contributed by atoms with Gasteiger partial charge >= 0.3 is 6.09 Å². The molecule has 3 heterocycles. The van der Waals surface area contributed by atoms with Crippen LogP contribution in [-0.4, -0.2) is 61.0 Å². The number of hydrogen-bond donors (Lipinski definition) is 5. The lowest BCUT2D eigenvalue weighted by atomic mass is 9.63. The maximum Gasteiger partial charge on any atom is 0.404 e. The number of nitriles is 1. The molecule has 36 heavy (non-hydrogen) atoms. The highest BCUT2D eigenvalue weighted by Crippen LogP contribution is 2.48. The second kappa shape index (κ2) is 9.13. The summed E-state index contributed by atoms with van der Waals surface area (Å²) in [7, 11) is 0. The van der Waals surface area contributed by atoms with Gasteiger partial charge in [-0.1, -0.05) is 0 Å². The van der Waals surface area contributed by atoms with Crippen molar-refractivity contribution in [1.82, 2.24) is 25.2 Å². The predicted molar refractivity (Wildman–Crippen MR) is 131 cm³/mol. The first-order chi connectivity index (χ1) is 17.3. The summed E-state index contributed by atoms with van der Waals surface area (Å²) >= 11 is 0. The molecule has 3 aliphatic carbocycles. The Morgan fingerprint density at radius 3 is 2.47 bits per heavy atom. The van der Waals surface area contributed by atoms with Crippen molar-refractivity contribution >= 4 is 23.2 Å². The van der Waals surface area contributed by atoms with Crippen LogP contribution in [-0.2, 0) is 0 Å². The van der Waals surface area contributed by atoms with Gasteiger partial charge in [0.05, 0.1) is 45.5 Å². The van der Waals surface area contributed by atoms with Crippen LogP contribution in [0.25, 0.3) is 16.9 Å². The maximum atomic E-state index is 13.0. The SMILES string of the molecule is N#Cc1cnn2c(-c3cc(NC45CCC(O)(CC4)CC5)c(C(=O)NCCNC(=O)O)cn3)ccc2c1. The van der Waals surface area contributed by atoms with Gasteiger partial charge in [0.25, 0.3) is 5.91 Å². The minimum Gasteiger partial charge on any atom is -0.465 e. The summed E-state index contributed by atoms with van der Waals surface area (Å²) in [5, 5.41) is 41.5. The van der Waals surface area contributed by atoms with Gasteiger partial charge in [0.2, 0.25) is 0 Å². The Balaban J connectivity index is 1.47. The molecule has 3 aromatic heterocycles. The highest BCUT2D eigenvalue weighted by atomic mass is 16.4. The zero-order chi connectivity index (χ0) is 25.3. The summed E-state index contributed by atoms with van der Waals surface area (Å²) in [6.07, 6.45) is 6.41. The molecule has 3 fully saturated rings. The Kier molecular flexibility index (Phi) is 5.97. The second-order valence-corrected chi connectivity index (χ2v) is 9.64. The lowest BCUT2D eigenvalue weighted by Crippen LogP contribution is -2.54. The number of carbonyl (C=O) groups excluding carboxylic acids is 1. The third-order valence-corrected chi connectivity index (χ3v) is 7.33. The molecule has 0 aromatic carbocycles. The summed E-state index contributed by atoms with van der Waals surface area (Å²) < 4.78 is 1.70. The van der Waals surface area contributed by atoms with Crippen molar-refractivity contribution in [3.8, 4) is 17.5 Å². The summed E-state index contributed by atoms with van der Waals surface area (Å²) in [6.45, 7) is 0.226. The second-order valence-electron chi connectivity index (χ2n) is 9.64. The molecular weight excluding hydrogens is 462 g/mol. The number of anilines is 1. The van der Waals surface area contributed by atoms with E-state index in [-0.39, 0.29) is 24.5 Å². The van der Waals surface area contributed by atoms with Crippen molar-refractivity contribution in [2.24, 2.45) is 0 Å². The van der Waals surface area contributed by atoms with Crippen molar-refractivity contribution in [3.63, 3.8) is 0 Å². The van der Waals surface area contributed by atoms with Gasteiger partial charge < -0.3 is 26.2 Å². The Labute approximate surface area is 207 Å². The minimum absolute atomic E-state index is 0.0877. The van der Waals surface area contributed by atoms with Crippen LogP contribution in [0.3, 0.4) is 0 Å². The Bertz CT molecular complexity index is 1350. The van der Waals surface area contributed by atoms with Gasteiger partial charge in [-0.25, -0.2) is 9.31 Å². The third kappa shape index (κ3) is 4.55. The van der Waals surface area contributed by atoms with E-state index in [0.29, 0.717) is 28.2 Å². The number of pyridine rings is 1. The monoisotopic (exact) mass is 489 g/mol. The lowest BCUT2D eigenvalue weighted by molar-refractivity contribution is -0.0580. The van der Waals surface area contributed by atoms with Gasteiger partial charge in [-0.2, -0.15) is 10.4 Å². The van der Waals surface area contributed by atoms with E-state index >= 15 is 0 Å². The van der Waals surface area contributed by atoms with Crippen LogP contribution in [0.4, 0.5) is 10.5 Å². The number of carbonyl (C=O) groups is 2. The standard InChI is InChI=1S/C25H27N7O4/c26-13-16-11-17-1-2-21(32(17)30-14-16)20-12-19(31-24-3-6-25(36,7-4-24)8-5-24)18(15-29-20)22(33)27-9-10-28-23(34)35/h1-2,11-12,14-15,28,36H,3-10H2,(H,27,33)(H,29,31)(H,34,35). The van der Waals surface area contributed by atoms with Crippen molar-refractivity contribution in [2.45, 2.75) is 49.7 Å². The molecule has 11 nitrogen and oxygen atoms in total. The quantitative estimate of drug-likeness (QED) is 0.316. The number of carboxylic acid groups (broad SMARTS) is 1. The van der Waals surface area contributed by atoms with Crippen molar-refractivity contribution in [2.75, 3.05) is 18.4 Å². The Morgan fingerprint density at radius 2 is 1.78 bits per heavy atom. The lowest BCUT2D eigenvalue weighted by Gasteiger charge is -2.51. The first-order valence-electron chi connectivity index (χ1n) is 11.9. The fourth-order valence-corrected chi connectivity index (χ4v) is 5.21. The number of aliphatic hydroxyl groups is 1. The topological polar surface area (TPSA) is 165 Å². The zero-order valence-corrected chi connectivity index (χ0v) is 19.6. The molecule has 3 aliphatic rings. The Morgan fingerprint density at radius 1 is 1.06 bits per heavy atom. The molecule has 0 unspecified atom stereocenters. The normalized spacial score (nSPS) is 22.7. The van der Waals surface area contributed by atoms with Crippen LogP contribution in [0.5, 0.6) is 0 Å². The van der Waals surface area contributed by atoms with Crippen LogP contribution in [0.15, 0.2) is 36.7 Å². The van der Waals surface area contributed by atoms with Gasteiger partial charge in [-0.3, -0.25) is 9.78 Å². The fraction of sp³-hybridized carbons (Fsp3) is 0.400. The number of nitrogens with one attached hydrogen (secondary N) is 3. The summed E-state index contributed by atoms with van der Waals surface area (Å²) in [5.74, 6) is -0.361. The van der Waals surface area contributed by atoms with E-state index in [4.69, 9.17) is 10.4 Å². The van der Waals surface area contributed by atoms with E-state index in [0.717, 1.165) is 44.0 Å². The van der Waals surface area contributed by atoms with Crippen LogP contribution in [0.1, 0.15) is 54.4 Å². The molecule has 0 aliphatic heterocycles. The molecule has 186 valence electrons. The molecule has 2 amide bonds. The molecule has 0 radical (unpaired) electrons. The summed E-state index contributed by atoms with van der Waals surface area (Å²) in [4.78, 5) is 28.2. The van der Waals surface area contributed by atoms with E-state index in [1.807, 2.05) is 18.2 Å². The highest BCUT2D eigenvalue weighted by Gasteiger charge is 2.48. The predicted octanol–water partition coefficient (Wildman–Crippen LogP) is 2.51. The highest BCUT2D eigenvalue weighted by molar-refractivity contribution is 6.00.